The largest absolute Gasteiger partial charge is 0.485 e. The Morgan fingerprint density at radius 2 is 2.22 bits per heavy atom. The highest BCUT2D eigenvalue weighted by Gasteiger charge is 2.11. The van der Waals surface area contributed by atoms with E-state index < -0.39 is 6.10 Å². The quantitative estimate of drug-likeness (QED) is 0.924. The number of hydrogen-bond acceptors (Lipinski definition) is 4. The lowest BCUT2D eigenvalue weighted by molar-refractivity contribution is 0.186. The summed E-state index contributed by atoms with van der Waals surface area (Å²) in [6, 6.07) is 6.94. The Labute approximate surface area is 110 Å². The molecule has 0 radical (unpaired) electrons. The van der Waals surface area contributed by atoms with Crippen molar-refractivity contribution < 1.29 is 14.4 Å². The third-order valence-electron chi connectivity index (χ3n) is 2.47. The Morgan fingerprint density at radius 1 is 1.44 bits per heavy atom. The van der Waals surface area contributed by atoms with Crippen molar-refractivity contribution in [2.75, 3.05) is 0 Å². The van der Waals surface area contributed by atoms with Gasteiger partial charge in [0.25, 0.3) is 0 Å². The average molecular weight is 268 g/mol. The van der Waals surface area contributed by atoms with Crippen molar-refractivity contribution in [3.05, 3.63) is 46.3 Å². The van der Waals surface area contributed by atoms with E-state index in [-0.39, 0.29) is 6.61 Å². The number of aryl methyl sites for hydroxylation is 1. The van der Waals surface area contributed by atoms with Gasteiger partial charge in [0.1, 0.15) is 12.4 Å². The summed E-state index contributed by atoms with van der Waals surface area (Å²) in [6.45, 7) is 3.77. The Kier molecular flexibility index (Phi) is 3.89. The molecule has 96 valence electrons. The van der Waals surface area contributed by atoms with Crippen LogP contribution in [0.4, 0.5) is 0 Å². The number of halogens is 1. The van der Waals surface area contributed by atoms with Crippen molar-refractivity contribution >= 4 is 11.6 Å². The van der Waals surface area contributed by atoms with Crippen LogP contribution in [0.2, 0.25) is 5.02 Å². The summed E-state index contributed by atoms with van der Waals surface area (Å²) in [5, 5.41) is 14.0. The summed E-state index contributed by atoms with van der Waals surface area (Å²) < 4.78 is 10.6. The first-order valence-electron chi connectivity index (χ1n) is 5.59. The highest BCUT2D eigenvalue weighted by atomic mass is 35.5. The molecule has 0 saturated heterocycles. The lowest BCUT2D eigenvalue weighted by Crippen LogP contribution is -2.00. The van der Waals surface area contributed by atoms with Crippen molar-refractivity contribution in [1.29, 1.82) is 0 Å². The van der Waals surface area contributed by atoms with Gasteiger partial charge in [-0.05, 0) is 32.0 Å². The Bertz CT molecular complexity index is 537. The Hall–Kier alpha value is -1.52. The van der Waals surface area contributed by atoms with Gasteiger partial charge in [-0.2, -0.15) is 0 Å². The van der Waals surface area contributed by atoms with Crippen LogP contribution >= 0.6 is 11.6 Å². The van der Waals surface area contributed by atoms with E-state index in [2.05, 4.69) is 5.16 Å². The van der Waals surface area contributed by atoms with Crippen LogP contribution in [0.5, 0.6) is 5.75 Å². The molecule has 4 nitrogen and oxygen atoms in total. The van der Waals surface area contributed by atoms with Crippen molar-refractivity contribution in [3.63, 3.8) is 0 Å². The molecule has 0 fully saturated rings. The van der Waals surface area contributed by atoms with E-state index in [9.17, 15) is 5.11 Å². The van der Waals surface area contributed by atoms with Gasteiger partial charge in [-0.3, -0.25) is 0 Å². The van der Waals surface area contributed by atoms with Crippen molar-refractivity contribution in [2.45, 2.75) is 26.6 Å². The molecule has 0 unspecified atom stereocenters. The van der Waals surface area contributed by atoms with E-state index in [1.54, 1.807) is 31.2 Å². The predicted molar refractivity (Wildman–Crippen MR) is 67.7 cm³/mol. The third-order valence-corrected chi connectivity index (χ3v) is 2.70. The molecule has 1 aromatic heterocycles. The molecule has 1 heterocycles. The smallest absolute Gasteiger partial charge is 0.174 e. The number of hydrogen-bond donors (Lipinski definition) is 1. The van der Waals surface area contributed by atoms with Gasteiger partial charge in [-0.1, -0.05) is 16.8 Å². The molecular formula is C13H14ClNO3. The second-order valence-corrected chi connectivity index (χ2v) is 4.52. The van der Waals surface area contributed by atoms with Crippen LogP contribution in [0.25, 0.3) is 0 Å². The predicted octanol–water partition coefficient (Wildman–Crippen LogP) is 3.27. The number of aliphatic hydroxyl groups is 1. The lowest BCUT2D eigenvalue weighted by Gasteiger charge is -2.12. The molecule has 0 bridgehead atoms. The molecule has 1 aromatic carbocycles. The van der Waals surface area contributed by atoms with Crippen LogP contribution in [0.15, 0.2) is 28.8 Å². The topological polar surface area (TPSA) is 55.5 Å². The van der Waals surface area contributed by atoms with Crippen LogP contribution < -0.4 is 4.74 Å². The molecule has 1 N–H and O–H groups in total. The lowest BCUT2D eigenvalue weighted by atomic mass is 10.1. The molecule has 5 heteroatoms. The van der Waals surface area contributed by atoms with Gasteiger partial charge in [-0.25, -0.2) is 0 Å². The maximum atomic E-state index is 9.66. The molecule has 0 aliphatic rings. The molecule has 1 atom stereocenters. The molecule has 2 rings (SSSR count). The molecule has 0 aliphatic heterocycles. The minimum absolute atomic E-state index is 0.266. The average Bonchev–Trinajstić information content (AvgIpc) is 2.73. The first-order chi connectivity index (χ1) is 8.56. The van der Waals surface area contributed by atoms with E-state index in [0.29, 0.717) is 22.1 Å². The number of ether oxygens (including phenoxy) is 1. The van der Waals surface area contributed by atoms with Crippen molar-refractivity contribution in [1.82, 2.24) is 5.16 Å². The van der Waals surface area contributed by atoms with Crippen LogP contribution in [0.3, 0.4) is 0 Å². The summed E-state index contributed by atoms with van der Waals surface area (Å²) in [5.41, 5.74) is 1.46. The number of benzene rings is 1. The van der Waals surface area contributed by atoms with Gasteiger partial charge in [0.2, 0.25) is 0 Å². The number of nitrogens with zero attached hydrogens (tertiary/aromatic N) is 1. The monoisotopic (exact) mass is 267 g/mol. The number of aromatic nitrogens is 1. The zero-order chi connectivity index (χ0) is 13.1. The molecule has 2 aromatic rings. The number of aliphatic hydroxyl groups excluding tert-OH is 1. The fraction of sp³-hybridized carbons (Fsp3) is 0.308. The molecule has 0 spiro atoms. The maximum absolute atomic E-state index is 9.66. The highest BCUT2D eigenvalue weighted by Crippen LogP contribution is 2.28. The van der Waals surface area contributed by atoms with Gasteiger partial charge < -0.3 is 14.4 Å². The van der Waals surface area contributed by atoms with E-state index in [1.807, 2.05) is 6.92 Å². The van der Waals surface area contributed by atoms with Crippen molar-refractivity contribution in [2.24, 2.45) is 0 Å². The highest BCUT2D eigenvalue weighted by molar-refractivity contribution is 6.30. The van der Waals surface area contributed by atoms with Crippen LogP contribution in [0.1, 0.15) is 30.0 Å². The van der Waals surface area contributed by atoms with E-state index in [4.69, 9.17) is 20.9 Å². The number of rotatable bonds is 4. The molecule has 0 saturated carbocycles. The fourth-order valence-electron chi connectivity index (χ4n) is 1.61. The first-order valence-corrected chi connectivity index (χ1v) is 5.96. The van der Waals surface area contributed by atoms with Gasteiger partial charge in [0.05, 0.1) is 11.8 Å². The van der Waals surface area contributed by atoms with E-state index in [0.717, 1.165) is 5.69 Å². The first kappa shape index (κ1) is 12.9. The van der Waals surface area contributed by atoms with Gasteiger partial charge in [0.15, 0.2) is 5.76 Å². The van der Waals surface area contributed by atoms with E-state index >= 15 is 0 Å². The van der Waals surface area contributed by atoms with Crippen LogP contribution in [-0.4, -0.2) is 10.3 Å². The van der Waals surface area contributed by atoms with Crippen LogP contribution in [-0.2, 0) is 6.61 Å². The van der Waals surface area contributed by atoms with Gasteiger partial charge in [-0.15, -0.1) is 0 Å². The molecule has 0 amide bonds. The molecular weight excluding hydrogens is 254 g/mol. The zero-order valence-corrected chi connectivity index (χ0v) is 10.9. The normalized spacial score (nSPS) is 12.4. The standard InChI is InChI=1S/C13H14ClNO3/c1-8-5-11(18-15-8)7-17-13-4-3-10(14)6-12(13)9(2)16/h3-6,9,16H,7H2,1-2H3/t9-/m1/s1. The third kappa shape index (κ3) is 3.03. The fourth-order valence-corrected chi connectivity index (χ4v) is 1.79. The summed E-state index contributed by atoms with van der Waals surface area (Å²) in [5.74, 6) is 1.22. The van der Waals surface area contributed by atoms with Crippen molar-refractivity contribution in [3.8, 4) is 5.75 Å². The minimum atomic E-state index is -0.643. The molecule has 18 heavy (non-hydrogen) atoms. The second-order valence-electron chi connectivity index (χ2n) is 4.08. The summed E-state index contributed by atoms with van der Waals surface area (Å²) in [7, 11) is 0. The molecule has 0 aliphatic carbocycles. The van der Waals surface area contributed by atoms with Crippen LogP contribution in [0, 0.1) is 6.92 Å². The van der Waals surface area contributed by atoms with Gasteiger partial charge >= 0.3 is 0 Å². The zero-order valence-electron chi connectivity index (χ0n) is 10.2. The summed E-state index contributed by atoms with van der Waals surface area (Å²) in [6.07, 6.45) is -0.643. The SMILES string of the molecule is Cc1cc(COc2ccc(Cl)cc2[C@@H](C)O)on1. The van der Waals surface area contributed by atoms with Gasteiger partial charge in [0, 0.05) is 16.7 Å². The van der Waals surface area contributed by atoms with E-state index in [1.165, 1.54) is 0 Å². The Morgan fingerprint density at radius 3 is 2.83 bits per heavy atom. The second kappa shape index (κ2) is 5.42. The Balaban J connectivity index is 2.13. The summed E-state index contributed by atoms with van der Waals surface area (Å²) in [4.78, 5) is 0. The maximum Gasteiger partial charge on any atom is 0.174 e. The minimum Gasteiger partial charge on any atom is -0.485 e. The summed E-state index contributed by atoms with van der Waals surface area (Å²) >= 11 is 5.89.